The number of fused-ring (bicyclic) bond motifs is 2. The lowest BCUT2D eigenvalue weighted by Crippen LogP contribution is -2.32. The number of pyridine rings is 1. The Morgan fingerprint density at radius 1 is 1.00 bits per heavy atom. The molecule has 5 rings (SSSR count). The number of carbonyl (C=O) groups is 1. The van der Waals surface area contributed by atoms with Crippen LogP contribution in [0.3, 0.4) is 0 Å². The first kappa shape index (κ1) is 20.4. The van der Waals surface area contributed by atoms with Crippen molar-refractivity contribution in [2.75, 3.05) is 31.0 Å². The molecule has 1 saturated heterocycles. The number of nitrogens with one attached hydrogen (secondary N) is 2. The smallest absolute Gasteiger partial charge is 0.261 e. The predicted octanol–water partition coefficient (Wildman–Crippen LogP) is 2.34. The molecular formula is C22H21N3O6S. The third kappa shape index (κ3) is 3.66. The number of benzene rings is 2. The lowest BCUT2D eigenvalue weighted by Gasteiger charge is -2.19. The second kappa shape index (κ2) is 7.86. The Hall–Kier alpha value is -3.53. The normalized spacial score (nSPS) is 15.7. The minimum atomic E-state index is -3.99. The Kier molecular flexibility index (Phi) is 5.01. The number of sulfonamides is 1. The zero-order valence-electron chi connectivity index (χ0n) is 17.1. The van der Waals surface area contributed by atoms with Gasteiger partial charge in [-0.25, -0.2) is 8.42 Å². The monoisotopic (exact) mass is 455 g/mol. The highest BCUT2D eigenvalue weighted by atomic mass is 32.2. The summed E-state index contributed by atoms with van der Waals surface area (Å²) >= 11 is 0. The van der Waals surface area contributed by atoms with E-state index in [9.17, 15) is 18.0 Å². The Morgan fingerprint density at radius 3 is 2.53 bits per heavy atom. The minimum absolute atomic E-state index is 0.00810. The van der Waals surface area contributed by atoms with Gasteiger partial charge in [0, 0.05) is 36.3 Å². The van der Waals surface area contributed by atoms with E-state index >= 15 is 0 Å². The number of anilines is 1. The number of rotatable bonds is 4. The predicted molar refractivity (Wildman–Crippen MR) is 118 cm³/mol. The summed E-state index contributed by atoms with van der Waals surface area (Å²) in [5.74, 6) is 0.663. The van der Waals surface area contributed by atoms with Gasteiger partial charge in [0.15, 0.2) is 11.5 Å². The summed E-state index contributed by atoms with van der Waals surface area (Å²) in [7, 11) is -3.99. The van der Waals surface area contributed by atoms with Crippen molar-refractivity contribution < 1.29 is 22.7 Å². The van der Waals surface area contributed by atoms with Crippen LogP contribution in [0.15, 0.2) is 52.3 Å². The Bertz CT molecular complexity index is 1380. The van der Waals surface area contributed by atoms with E-state index in [1.54, 1.807) is 23.1 Å². The first-order valence-electron chi connectivity index (χ1n) is 10.3. The van der Waals surface area contributed by atoms with Crippen molar-refractivity contribution in [2.24, 2.45) is 0 Å². The van der Waals surface area contributed by atoms with E-state index in [2.05, 4.69) is 9.71 Å². The molecule has 0 aliphatic carbocycles. The van der Waals surface area contributed by atoms with Gasteiger partial charge in [-0.3, -0.25) is 14.3 Å². The van der Waals surface area contributed by atoms with E-state index < -0.39 is 15.5 Å². The SMILES string of the molecule is O=C(c1c[nH]c2ccc(S(=O)(=O)Nc3ccc4c(c3)OCCO4)cc2c1=O)N1CCCC1. The summed E-state index contributed by atoms with van der Waals surface area (Å²) in [5.41, 5.74) is 0.272. The van der Waals surface area contributed by atoms with Gasteiger partial charge in [-0.1, -0.05) is 0 Å². The molecule has 1 fully saturated rings. The number of H-pyrrole nitrogens is 1. The van der Waals surface area contributed by atoms with Gasteiger partial charge in [-0.2, -0.15) is 0 Å². The molecule has 3 heterocycles. The maximum absolute atomic E-state index is 13.0. The van der Waals surface area contributed by atoms with Crippen LogP contribution in [-0.2, 0) is 10.0 Å². The van der Waals surface area contributed by atoms with Gasteiger partial charge in [-0.15, -0.1) is 0 Å². The fraction of sp³-hybridized carbons (Fsp3) is 0.273. The van der Waals surface area contributed by atoms with Gasteiger partial charge in [0.2, 0.25) is 5.43 Å². The van der Waals surface area contributed by atoms with Crippen molar-refractivity contribution in [1.29, 1.82) is 0 Å². The summed E-state index contributed by atoms with van der Waals surface area (Å²) in [6.07, 6.45) is 3.21. The van der Waals surface area contributed by atoms with Gasteiger partial charge in [0.1, 0.15) is 18.8 Å². The van der Waals surface area contributed by atoms with Gasteiger partial charge in [0.25, 0.3) is 15.9 Å². The average molecular weight is 455 g/mol. The Labute approximate surface area is 184 Å². The van der Waals surface area contributed by atoms with Gasteiger partial charge >= 0.3 is 0 Å². The van der Waals surface area contributed by atoms with Crippen LogP contribution in [0, 0.1) is 0 Å². The zero-order valence-corrected chi connectivity index (χ0v) is 17.9. The van der Waals surface area contributed by atoms with E-state index in [1.807, 2.05) is 0 Å². The molecule has 1 aromatic heterocycles. The van der Waals surface area contributed by atoms with Crippen molar-refractivity contribution in [3.63, 3.8) is 0 Å². The van der Waals surface area contributed by atoms with E-state index in [4.69, 9.17) is 9.47 Å². The van der Waals surface area contributed by atoms with Crippen LogP contribution in [-0.4, -0.2) is 50.5 Å². The van der Waals surface area contributed by atoms with E-state index in [0.29, 0.717) is 49.0 Å². The van der Waals surface area contributed by atoms with Crippen LogP contribution in [0.1, 0.15) is 23.2 Å². The largest absolute Gasteiger partial charge is 0.486 e. The quantitative estimate of drug-likeness (QED) is 0.624. The third-order valence-electron chi connectivity index (χ3n) is 5.58. The summed E-state index contributed by atoms with van der Waals surface area (Å²) in [4.78, 5) is 30.2. The van der Waals surface area contributed by atoms with E-state index in [-0.39, 0.29) is 21.8 Å². The van der Waals surface area contributed by atoms with Crippen molar-refractivity contribution in [3.05, 3.63) is 58.4 Å². The molecular weight excluding hydrogens is 434 g/mol. The average Bonchev–Trinajstić information content (AvgIpc) is 3.33. The molecule has 166 valence electrons. The minimum Gasteiger partial charge on any atom is -0.486 e. The molecule has 0 bridgehead atoms. The molecule has 1 amide bonds. The van der Waals surface area contributed by atoms with Crippen LogP contribution < -0.4 is 19.6 Å². The summed E-state index contributed by atoms with van der Waals surface area (Å²) in [6.45, 7) is 2.05. The van der Waals surface area contributed by atoms with Crippen LogP contribution in [0.2, 0.25) is 0 Å². The number of hydrogen-bond donors (Lipinski definition) is 2. The maximum atomic E-state index is 13.0. The first-order valence-corrected chi connectivity index (χ1v) is 11.8. The fourth-order valence-electron chi connectivity index (χ4n) is 3.94. The van der Waals surface area contributed by atoms with Crippen LogP contribution >= 0.6 is 0 Å². The molecule has 2 aliphatic heterocycles. The first-order chi connectivity index (χ1) is 15.4. The lowest BCUT2D eigenvalue weighted by atomic mass is 10.1. The molecule has 2 N–H and O–H groups in total. The van der Waals surface area contributed by atoms with E-state index in [1.165, 1.54) is 24.4 Å². The van der Waals surface area contributed by atoms with Gasteiger partial charge in [0.05, 0.1) is 10.6 Å². The Balaban J connectivity index is 1.48. The molecule has 10 heteroatoms. The van der Waals surface area contributed by atoms with Crippen molar-refractivity contribution in [2.45, 2.75) is 17.7 Å². The number of aromatic nitrogens is 1. The molecule has 0 saturated carbocycles. The number of nitrogens with zero attached hydrogens (tertiary/aromatic N) is 1. The van der Waals surface area contributed by atoms with Gasteiger partial charge < -0.3 is 19.4 Å². The number of amides is 1. The van der Waals surface area contributed by atoms with E-state index in [0.717, 1.165) is 12.8 Å². The van der Waals surface area contributed by atoms with Gasteiger partial charge in [-0.05, 0) is 43.2 Å². The number of ether oxygens (including phenoxy) is 2. The summed E-state index contributed by atoms with van der Waals surface area (Å²) in [6, 6.07) is 8.96. The number of hydrogen-bond acceptors (Lipinski definition) is 6. The van der Waals surface area contributed by atoms with Crippen LogP contribution in [0.5, 0.6) is 11.5 Å². The highest BCUT2D eigenvalue weighted by Gasteiger charge is 2.24. The topological polar surface area (TPSA) is 118 Å². The number of likely N-dealkylation sites (tertiary alicyclic amines) is 1. The molecule has 3 aromatic rings. The molecule has 32 heavy (non-hydrogen) atoms. The Morgan fingerprint density at radius 2 is 1.75 bits per heavy atom. The molecule has 0 spiro atoms. The molecule has 9 nitrogen and oxygen atoms in total. The van der Waals surface area contributed by atoms with Crippen LogP contribution in [0.4, 0.5) is 5.69 Å². The fourth-order valence-corrected chi connectivity index (χ4v) is 5.01. The highest BCUT2D eigenvalue weighted by molar-refractivity contribution is 7.92. The lowest BCUT2D eigenvalue weighted by molar-refractivity contribution is 0.0791. The number of carbonyl (C=O) groups excluding carboxylic acids is 1. The standard InChI is InChI=1S/C22H21N3O6S/c26-21-16-12-15(4-5-18(16)23-13-17(21)22(27)25-7-1-2-8-25)32(28,29)24-14-3-6-19-20(11-14)31-10-9-30-19/h3-6,11-13,24H,1-2,7-10H2,(H,23,26). The van der Waals surface area contributed by atoms with Crippen molar-refractivity contribution in [1.82, 2.24) is 9.88 Å². The third-order valence-corrected chi connectivity index (χ3v) is 6.96. The number of aromatic amines is 1. The zero-order chi connectivity index (χ0) is 22.3. The van der Waals surface area contributed by atoms with Crippen LogP contribution in [0.25, 0.3) is 10.9 Å². The second-order valence-corrected chi connectivity index (χ2v) is 9.38. The summed E-state index contributed by atoms with van der Waals surface area (Å²) in [5, 5.41) is 0.139. The van der Waals surface area contributed by atoms with Crippen molar-refractivity contribution in [3.8, 4) is 11.5 Å². The molecule has 0 unspecified atom stereocenters. The molecule has 0 atom stereocenters. The van der Waals surface area contributed by atoms with Crippen molar-refractivity contribution >= 4 is 32.5 Å². The molecule has 0 radical (unpaired) electrons. The maximum Gasteiger partial charge on any atom is 0.261 e. The molecule has 2 aromatic carbocycles. The summed E-state index contributed by atoms with van der Waals surface area (Å²) < 4.78 is 39.4. The second-order valence-electron chi connectivity index (χ2n) is 7.70. The molecule has 2 aliphatic rings. The highest BCUT2D eigenvalue weighted by Crippen LogP contribution is 2.33.